The molecule has 216 valence electrons. The van der Waals surface area contributed by atoms with Crippen LogP contribution in [0.25, 0.3) is 5.69 Å². The van der Waals surface area contributed by atoms with Crippen molar-refractivity contribution in [1.29, 1.82) is 0 Å². The van der Waals surface area contributed by atoms with E-state index in [0.717, 1.165) is 69.7 Å². The van der Waals surface area contributed by atoms with E-state index in [1.165, 1.54) is 18.4 Å². The molecule has 2 aromatic heterocycles. The van der Waals surface area contributed by atoms with Gasteiger partial charge in [-0.3, -0.25) is 4.98 Å². The molecule has 2 saturated heterocycles. The Morgan fingerprint density at radius 2 is 1.74 bits per heavy atom. The SMILES string of the molecule is Cc1cc([C@H]2[C@H](c3ccccn3)NC(=S)N2c2ccc(N3CCC(C)CC3)c(Cl)c2)c(C)n1-c1ccc2c(c1)OCO2. The van der Waals surface area contributed by atoms with Crippen molar-refractivity contribution < 1.29 is 9.47 Å². The van der Waals surface area contributed by atoms with Gasteiger partial charge in [0.25, 0.3) is 0 Å². The van der Waals surface area contributed by atoms with Gasteiger partial charge in [-0.25, -0.2) is 0 Å². The van der Waals surface area contributed by atoms with Gasteiger partial charge in [-0.2, -0.15) is 0 Å². The zero-order valence-electron chi connectivity index (χ0n) is 24.0. The molecule has 0 spiro atoms. The number of aryl methyl sites for hydroxylation is 1. The van der Waals surface area contributed by atoms with Crippen molar-refractivity contribution in [2.24, 2.45) is 5.92 Å². The number of piperidine rings is 1. The highest BCUT2D eigenvalue weighted by Crippen LogP contribution is 2.45. The van der Waals surface area contributed by atoms with Crippen molar-refractivity contribution in [3.8, 4) is 17.2 Å². The fourth-order valence-electron chi connectivity index (χ4n) is 6.61. The number of fused-ring (bicyclic) bond motifs is 1. The number of rotatable bonds is 5. The van der Waals surface area contributed by atoms with Crippen LogP contribution in [0.4, 0.5) is 11.4 Å². The minimum absolute atomic E-state index is 0.140. The first-order valence-corrected chi connectivity index (χ1v) is 15.3. The predicted molar refractivity (Wildman–Crippen MR) is 171 cm³/mol. The van der Waals surface area contributed by atoms with E-state index in [1.54, 1.807) is 0 Å². The third-order valence-electron chi connectivity index (χ3n) is 8.84. The maximum atomic E-state index is 6.99. The van der Waals surface area contributed by atoms with Crippen LogP contribution in [-0.2, 0) is 0 Å². The molecule has 2 fully saturated rings. The number of anilines is 2. The van der Waals surface area contributed by atoms with E-state index in [9.17, 15) is 0 Å². The van der Waals surface area contributed by atoms with E-state index in [1.807, 2.05) is 30.5 Å². The molecule has 7 rings (SSSR count). The molecule has 0 unspecified atom stereocenters. The third-order valence-corrected chi connectivity index (χ3v) is 9.45. The molecule has 2 aromatic carbocycles. The quantitative estimate of drug-likeness (QED) is 0.242. The summed E-state index contributed by atoms with van der Waals surface area (Å²) in [6.45, 7) is 8.92. The van der Waals surface area contributed by atoms with Gasteiger partial charge in [-0.05, 0) is 98.9 Å². The van der Waals surface area contributed by atoms with Crippen molar-refractivity contribution in [3.05, 3.63) is 94.5 Å². The number of ether oxygens (including phenoxy) is 2. The van der Waals surface area contributed by atoms with E-state index >= 15 is 0 Å². The first-order chi connectivity index (χ1) is 20.4. The summed E-state index contributed by atoms with van der Waals surface area (Å²) in [6, 6.07) is 20.4. The topological polar surface area (TPSA) is 54.8 Å². The Balaban J connectivity index is 1.31. The van der Waals surface area contributed by atoms with E-state index in [0.29, 0.717) is 5.11 Å². The summed E-state index contributed by atoms with van der Waals surface area (Å²) in [6.07, 6.45) is 4.21. The second-order valence-electron chi connectivity index (χ2n) is 11.5. The lowest BCUT2D eigenvalue weighted by Gasteiger charge is -2.33. The maximum Gasteiger partial charge on any atom is 0.231 e. The normalized spacial score (nSPS) is 20.3. The van der Waals surface area contributed by atoms with Crippen LogP contribution in [0.1, 0.15) is 54.5 Å². The Labute approximate surface area is 257 Å². The predicted octanol–water partition coefficient (Wildman–Crippen LogP) is 7.28. The molecule has 9 heteroatoms. The number of hydrogen-bond acceptors (Lipinski definition) is 5. The summed E-state index contributed by atoms with van der Waals surface area (Å²) in [5.41, 5.74) is 7.42. The highest BCUT2D eigenvalue weighted by atomic mass is 35.5. The molecule has 0 saturated carbocycles. The molecule has 5 heterocycles. The molecule has 0 bridgehead atoms. The van der Waals surface area contributed by atoms with Crippen LogP contribution in [0.15, 0.2) is 66.9 Å². The molecular weight excluding hydrogens is 566 g/mol. The van der Waals surface area contributed by atoms with Crippen molar-refractivity contribution in [1.82, 2.24) is 14.9 Å². The summed E-state index contributed by atoms with van der Waals surface area (Å²) in [5, 5.41) is 4.99. The van der Waals surface area contributed by atoms with E-state index in [4.69, 9.17) is 38.3 Å². The van der Waals surface area contributed by atoms with Gasteiger partial charge in [0.2, 0.25) is 6.79 Å². The molecule has 0 amide bonds. The van der Waals surface area contributed by atoms with Gasteiger partial charge in [0.1, 0.15) is 0 Å². The Hall–Kier alpha value is -3.75. The molecule has 3 aliphatic rings. The van der Waals surface area contributed by atoms with Gasteiger partial charge in [-0.1, -0.05) is 24.6 Å². The van der Waals surface area contributed by atoms with E-state index in [-0.39, 0.29) is 18.9 Å². The van der Waals surface area contributed by atoms with Crippen LogP contribution in [-0.4, -0.2) is 34.5 Å². The van der Waals surface area contributed by atoms with Gasteiger partial charge in [0.15, 0.2) is 16.6 Å². The summed E-state index contributed by atoms with van der Waals surface area (Å²) in [5.74, 6) is 2.29. The van der Waals surface area contributed by atoms with Crippen molar-refractivity contribution in [2.75, 3.05) is 29.7 Å². The smallest absolute Gasteiger partial charge is 0.231 e. The van der Waals surface area contributed by atoms with Crippen LogP contribution in [0, 0.1) is 19.8 Å². The van der Waals surface area contributed by atoms with E-state index in [2.05, 4.69) is 76.9 Å². The number of hydrogen-bond donors (Lipinski definition) is 1. The second kappa shape index (κ2) is 10.8. The average Bonchev–Trinajstić information content (AvgIpc) is 3.68. The van der Waals surface area contributed by atoms with Gasteiger partial charge >= 0.3 is 0 Å². The number of nitrogens with one attached hydrogen (secondary N) is 1. The number of nitrogens with zero attached hydrogens (tertiary/aromatic N) is 4. The first-order valence-electron chi connectivity index (χ1n) is 14.5. The molecule has 42 heavy (non-hydrogen) atoms. The third kappa shape index (κ3) is 4.67. The zero-order valence-corrected chi connectivity index (χ0v) is 25.6. The van der Waals surface area contributed by atoms with Gasteiger partial charge in [0, 0.05) is 48.1 Å². The fraction of sp³-hybridized carbons (Fsp3) is 0.333. The standard InChI is InChI=1S/C33H34ClN5O2S/c1-20-11-14-37(15-12-20)28-9-7-23(17-26(28)34)39-32(31(36-33(39)42)27-6-4-5-13-35-27)25-16-21(2)38(22(25)3)24-8-10-29-30(18-24)41-19-40-29/h4-10,13,16-18,20,31-32H,11-12,14-15,19H2,1-3H3,(H,36,42)/t31-,32-/m0/s1. The average molecular weight is 600 g/mol. The number of pyridine rings is 1. The second-order valence-corrected chi connectivity index (χ2v) is 12.3. The monoisotopic (exact) mass is 599 g/mol. The first kappa shape index (κ1) is 27.1. The number of benzene rings is 2. The van der Waals surface area contributed by atoms with Crippen LogP contribution in [0.2, 0.25) is 5.02 Å². The molecule has 0 aliphatic carbocycles. The van der Waals surface area contributed by atoms with Gasteiger partial charge < -0.3 is 29.2 Å². The zero-order chi connectivity index (χ0) is 29.0. The number of aromatic nitrogens is 2. The van der Waals surface area contributed by atoms with Gasteiger partial charge in [0.05, 0.1) is 28.5 Å². The summed E-state index contributed by atoms with van der Waals surface area (Å²) in [4.78, 5) is 9.34. The number of halogens is 1. The summed E-state index contributed by atoms with van der Waals surface area (Å²) < 4.78 is 13.5. The largest absolute Gasteiger partial charge is 0.454 e. The molecule has 0 radical (unpaired) electrons. The van der Waals surface area contributed by atoms with Crippen molar-refractivity contribution in [3.63, 3.8) is 0 Å². The minimum atomic E-state index is -0.147. The maximum absolute atomic E-state index is 6.99. The molecule has 3 aliphatic heterocycles. The highest BCUT2D eigenvalue weighted by molar-refractivity contribution is 7.80. The number of thiocarbonyl (C=S) groups is 1. The summed E-state index contributed by atoms with van der Waals surface area (Å²) in [7, 11) is 0. The van der Waals surface area contributed by atoms with Crippen LogP contribution >= 0.6 is 23.8 Å². The molecule has 1 N–H and O–H groups in total. The highest BCUT2D eigenvalue weighted by Gasteiger charge is 2.42. The van der Waals surface area contributed by atoms with Crippen molar-refractivity contribution in [2.45, 2.75) is 45.7 Å². The summed E-state index contributed by atoms with van der Waals surface area (Å²) >= 11 is 13.0. The Morgan fingerprint density at radius 3 is 2.50 bits per heavy atom. The van der Waals surface area contributed by atoms with Gasteiger partial charge in [-0.15, -0.1) is 0 Å². The Kier molecular flexibility index (Phi) is 6.98. The van der Waals surface area contributed by atoms with E-state index < -0.39 is 0 Å². The van der Waals surface area contributed by atoms with Crippen LogP contribution in [0.3, 0.4) is 0 Å². The molecule has 2 atom stereocenters. The lowest BCUT2D eigenvalue weighted by Crippen LogP contribution is -2.33. The lowest BCUT2D eigenvalue weighted by atomic mass is 9.96. The molecule has 4 aromatic rings. The Bertz CT molecular complexity index is 1650. The van der Waals surface area contributed by atoms with Crippen LogP contribution in [0.5, 0.6) is 11.5 Å². The molecule has 7 nitrogen and oxygen atoms in total. The fourth-order valence-corrected chi connectivity index (χ4v) is 7.25. The van der Waals surface area contributed by atoms with Crippen molar-refractivity contribution >= 4 is 40.3 Å². The minimum Gasteiger partial charge on any atom is -0.454 e. The lowest BCUT2D eigenvalue weighted by molar-refractivity contribution is 0.174. The van der Waals surface area contributed by atoms with Crippen LogP contribution < -0.4 is 24.6 Å². The Morgan fingerprint density at radius 1 is 0.952 bits per heavy atom. The molecular formula is C33H34ClN5O2S.